The van der Waals surface area contributed by atoms with Crippen LogP contribution in [-0.4, -0.2) is 33.6 Å². The molecule has 21 heavy (non-hydrogen) atoms. The maximum atomic E-state index is 5.60. The van der Waals surface area contributed by atoms with E-state index in [1.165, 1.54) is 0 Å². The number of ether oxygens (including phenoxy) is 1. The standard InChI is InChI=1S/C15H21N5O/c1-5-11(15(16-6-2)21-7-3)19-14-13-12(17-10-18-14)8-9-20(13)4/h5,8-10H,6-7H2,1-4H3,(H,17,18,19)/b11-5+,16-15+. The summed E-state index contributed by atoms with van der Waals surface area (Å²) in [5.74, 6) is 1.34. The van der Waals surface area contributed by atoms with Gasteiger partial charge in [-0.15, -0.1) is 0 Å². The third kappa shape index (κ3) is 3.21. The summed E-state index contributed by atoms with van der Waals surface area (Å²) in [6.07, 6.45) is 5.44. The highest BCUT2D eigenvalue weighted by molar-refractivity contribution is 5.98. The van der Waals surface area contributed by atoms with Gasteiger partial charge in [-0.2, -0.15) is 0 Å². The summed E-state index contributed by atoms with van der Waals surface area (Å²) >= 11 is 0. The predicted molar refractivity (Wildman–Crippen MR) is 85.5 cm³/mol. The van der Waals surface area contributed by atoms with Gasteiger partial charge >= 0.3 is 0 Å². The normalized spacial score (nSPS) is 12.8. The maximum Gasteiger partial charge on any atom is 0.232 e. The van der Waals surface area contributed by atoms with Gasteiger partial charge in [-0.1, -0.05) is 6.08 Å². The van der Waals surface area contributed by atoms with Crippen molar-refractivity contribution in [3.8, 4) is 0 Å². The second-order valence-electron chi connectivity index (χ2n) is 4.42. The number of anilines is 1. The van der Waals surface area contributed by atoms with Crippen LogP contribution in [0.3, 0.4) is 0 Å². The van der Waals surface area contributed by atoms with E-state index < -0.39 is 0 Å². The van der Waals surface area contributed by atoms with Crippen LogP contribution in [0, 0.1) is 0 Å². The summed E-state index contributed by atoms with van der Waals surface area (Å²) in [5.41, 5.74) is 2.65. The lowest BCUT2D eigenvalue weighted by Crippen LogP contribution is -2.16. The lowest BCUT2D eigenvalue weighted by atomic mass is 10.3. The molecular weight excluding hydrogens is 266 g/mol. The molecule has 112 valence electrons. The average molecular weight is 287 g/mol. The van der Waals surface area contributed by atoms with Crippen molar-refractivity contribution in [3.05, 3.63) is 30.4 Å². The minimum absolute atomic E-state index is 0.571. The number of hydrogen-bond acceptors (Lipinski definition) is 5. The molecule has 0 aliphatic rings. The van der Waals surface area contributed by atoms with Crippen molar-refractivity contribution in [1.82, 2.24) is 14.5 Å². The number of allylic oxidation sites excluding steroid dienone is 1. The van der Waals surface area contributed by atoms with Crippen LogP contribution < -0.4 is 5.32 Å². The second kappa shape index (κ2) is 6.88. The van der Waals surface area contributed by atoms with E-state index in [1.54, 1.807) is 6.33 Å². The number of aliphatic imine (C=N–C) groups is 1. The molecule has 0 saturated heterocycles. The molecule has 0 aliphatic carbocycles. The van der Waals surface area contributed by atoms with Crippen molar-refractivity contribution < 1.29 is 4.74 Å². The molecule has 6 heteroatoms. The van der Waals surface area contributed by atoms with E-state index in [-0.39, 0.29) is 0 Å². The largest absolute Gasteiger partial charge is 0.477 e. The Hall–Kier alpha value is -2.37. The van der Waals surface area contributed by atoms with E-state index in [0.717, 1.165) is 22.5 Å². The molecule has 0 fully saturated rings. The Kier molecular flexibility index (Phi) is 4.92. The van der Waals surface area contributed by atoms with Crippen LogP contribution in [0.1, 0.15) is 20.8 Å². The Morgan fingerprint density at radius 1 is 1.43 bits per heavy atom. The molecule has 0 aromatic carbocycles. The fourth-order valence-corrected chi connectivity index (χ4v) is 2.08. The van der Waals surface area contributed by atoms with Crippen LogP contribution in [0.15, 0.2) is 35.4 Å². The summed E-state index contributed by atoms with van der Waals surface area (Å²) in [7, 11) is 1.97. The Morgan fingerprint density at radius 2 is 2.24 bits per heavy atom. The molecule has 0 saturated carbocycles. The van der Waals surface area contributed by atoms with Crippen LogP contribution in [0.2, 0.25) is 0 Å². The third-order valence-corrected chi connectivity index (χ3v) is 3.01. The fourth-order valence-electron chi connectivity index (χ4n) is 2.08. The molecule has 0 bridgehead atoms. The van der Waals surface area contributed by atoms with Crippen LogP contribution in [0.5, 0.6) is 0 Å². The van der Waals surface area contributed by atoms with Gasteiger partial charge in [-0.25, -0.2) is 9.97 Å². The third-order valence-electron chi connectivity index (χ3n) is 3.01. The number of hydrogen-bond donors (Lipinski definition) is 1. The molecular formula is C15H21N5O. The highest BCUT2D eigenvalue weighted by atomic mass is 16.5. The van der Waals surface area contributed by atoms with Gasteiger partial charge in [0.2, 0.25) is 5.90 Å². The molecule has 0 amide bonds. The number of nitrogens with one attached hydrogen (secondary N) is 1. The molecule has 1 N–H and O–H groups in total. The monoisotopic (exact) mass is 287 g/mol. The van der Waals surface area contributed by atoms with Crippen molar-refractivity contribution in [2.45, 2.75) is 20.8 Å². The minimum atomic E-state index is 0.571. The van der Waals surface area contributed by atoms with Crippen molar-refractivity contribution >= 4 is 22.7 Å². The van der Waals surface area contributed by atoms with Crippen molar-refractivity contribution in [1.29, 1.82) is 0 Å². The summed E-state index contributed by atoms with van der Waals surface area (Å²) in [5, 5.41) is 3.30. The molecule has 0 spiro atoms. The predicted octanol–water partition coefficient (Wildman–Crippen LogP) is 2.74. The van der Waals surface area contributed by atoms with E-state index in [2.05, 4.69) is 20.3 Å². The van der Waals surface area contributed by atoms with Gasteiger partial charge in [-0.05, 0) is 26.8 Å². The summed E-state index contributed by atoms with van der Waals surface area (Å²) in [6, 6.07) is 1.96. The van der Waals surface area contributed by atoms with Crippen molar-refractivity contribution in [3.63, 3.8) is 0 Å². The SMILES string of the molecule is C/C=C(Nc1ncnc2ccn(C)c12)\C(=N/CC)OCC. The van der Waals surface area contributed by atoms with Crippen LogP contribution in [-0.2, 0) is 11.8 Å². The first-order valence-electron chi connectivity index (χ1n) is 7.08. The van der Waals surface area contributed by atoms with Gasteiger partial charge < -0.3 is 14.6 Å². The molecule has 6 nitrogen and oxygen atoms in total. The topological polar surface area (TPSA) is 64.3 Å². The highest BCUT2D eigenvalue weighted by Crippen LogP contribution is 2.21. The van der Waals surface area contributed by atoms with Crippen LogP contribution >= 0.6 is 0 Å². The maximum absolute atomic E-state index is 5.60. The van der Waals surface area contributed by atoms with Gasteiger partial charge in [0.25, 0.3) is 0 Å². The quantitative estimate of drug-likeness (QED) is 0.678. The van der Waals surface area contributed by atoms with Gasteiger partial charge in [0.1, 0.15) is 11.8 Å². The van der Waals surface area contributed by atoms with Gasteiger partial charge in [0.05, 0.1) is 17.8 Å². The van der Waals surface area contributed by atoms with E-state index in [4.69, 9.17) is 4.74 Å². The zero-order chi connectivity index (χ0) is 15.2. The number of fused-ring (bicyclic) bond motifs is 1. The summed E-state index contributed by atoms with van der Waals surface area (Å²) < 4.78 is 7.59. The zero-order valence-corrected chi connectivity index (χ0v) is 12.9. The zero-order valence-electron chi connectivity index (χ0n) is 12.9. The van der Waals surface area contributed by atoms with Crippen molar-refractivity contribution in [2.75, 3.05) is 18.5 Å². The summed E-state index contributed by atoms with van der Waals surface area (Å²) in [6.45, 7) is 7.10. The molecule has 0 aliphatic heterocycles. The smallest absolute Gasteiger partial charge is 0.232 e. The number of aromatic nitrogens is 3. The second-order valence-corrected chi connectivity index (χ2v) is 4.42. The Morgan fingerprint density at radius 3 is 2.90 bits per heavy atom. The van der Waals surface area contributed by atoms with Crippen LogP contribution in [0.25, 0.3) is 11.0 Å². The van der Waals surface area contributed by atoms with Crippen LogP contribution in [0.4, 0.5) is 5.82 Å². The molecule has 2 heterocycles. The van der Waals surface area contributed by atoms with Gasteiger partial charge in [0.15, 0.2) is 5.82 Å². The van der Waals surface area contributed by atoms with E-state index in [0.29, 0.717) is 19.0 Å². The first-order chi connectivity index (χ1) is 10.2. The first-order valence-corrected chi connectivity index (χ1v) is 7.08. The van der Waals surface area contributed by atoms with Gasteiger partial charge in [-0.3, -0.25) is 4.99 Å². The highest BCUT2D eigenvalue weighted by Gasteiger charge is 2.12. The van der Waals surface area contributed by atoms with E-state index >= 15 is 0 Å². The molecule has 0 radical (unpaired) electrons. The Bertz CT molecular complexity index is 672. The lowest BCUT2D eigenvalue weighted by molar-refractivity contribution is 0.326. The number of rotatable bonds is 5. The fraction of sp³-hybridized carbons (Fsp3) is 0.400. The Balaban J connectivity index is 2.37. The molecule has 0 unspecified atom stereocenters. The Labute approximate surface area is 124 Å². The molecule has 2 rings (SSSR count). The first kappa shape index (κ1) is 15.0. The molecule has 2 aromatic rings. The molecule has 0 atom stereocenters. The van der Waals surface area contributed by atoms with Crippen molar-refractivity contribution in [2.24, 2.45) is 12.0 Å². The van der Waals surface area contributed by atoms with Gasteiger partial charge in [0, 0.05) is 19.8 Å². The van der Waals surface area contributed by atoms with E-state index in [9.17, 15) is 0 Å². The minimum Gasteiger partial charge on any atom is -0.477 e. The average Bonchev–Trinajstić information content (AvgIpc) is 2.87. The van der Waals surface area contributed by atoms with E-state index in [1.807, 2.05) is 50.7 Å². The summed E-state index contributed by atoms with van der Waals surface area (Å²) in [4.78, 5) is 13.0. The number of nitrogens with zero attached hydrogens (tertiary/aromatic N) is 4. The molecule has 2 aromatic heterocycles. The lowest BCUT2D eigenvalue weighted by Gasteiger charge is -2.14. The number of aryl methyl sites for hydroxylation is 1.